The lowest BCUT2D eigenvalue weighted by molar-refractivity contribution is 0.609. The van der Waals surface area contributed by atoms with Crippen LogP contribution >= 0.6 is 0 Å². The lowest BCUT2D eigenvalue weighted by Crippen LogP contribution is -2.14. The van der Waals surface area contributed by atoms with Gasteiger partial charge in [-0.3, -0.25) is 4.79 Å². The van der Waals surface area contributed by atoms with Crippen LogP contribution < -0.4 is 11.2 Å². The summed E-state index contributed by atoms with van der Waals surface area (Å²) in [6.45, 7) is 2.15. The zero-order chi connectivity index (χ0) is 14.8. The van der Waals surface area contributed by atoms with Crippen molar-refractivity contribution in [3.63, 3.8) is 0 Å². The van der Waals surface area contributed by atoms with E-state index >= 15 is 0 Å². The number of hydrogen-bond acceptors (Lipinski definition) is 4. The van der Waals surface area contributed by atoms with Crippen molar-refractivity contribution < 1.29 is 4.42 Å². The lowest BCUT2D eigenvalue weighted by Gasteiger charge is -2.13. The van der Waals surface area contributed by atoms with Crippen LogP contribution in [0.2, 0.25) is 0 Å². The van der Waals surface area contributed by atoms with E-state index in [1.54, 1.807) is 0 Å². The molecule has 1 aromatic carbocycles. The van der Waals surface area contributed by atoms with E-state index in [-0.39, 0.29) is 5.43 Å². The molecule has 1 aromatic rings. The summed E-state index contributed by atoms with van der Waals surface area (Å²) < 4.78 is 5.81. The van der Waals surface area contributed by atoms with Gasteiger partial charge < -0.3 is 10.2 Å². The Kier molecular flexibility index (Phi) is 3.60. The number of unbranched alkanes of at least 4 members (excludes halogenated alkanes) is 2. The van der Waals surface area contributed by atoms with Gasteiger partial charge in [0.25, 0.3) is 0 Å². The Balaban J connectivity index is 2.21. The molecule has 0 saturated carbocycles. The van der Waals surface area contributed by atoms with Crippen molar-refractivity contribution in [2.24, 2.45) is 0 Å². The van der Waals surface area contributed by atoms with Gasteiger partial charge in [0, 0.05) is 11.6 Å². The number of aromatic nitrogens is 1. The molecule has 0 fully saturated rings. The Hall–Kier alpha value is -2.36. The number of fused-ring (bicyclic) bond motifs is 2. The van der Waals surface area contributed by atoms with E-state index in [1.165, 1.54) is 6.07 Å². The fraction of sp³-hybridized carbons (Fsp3) is 0.294. The summed E-state index contributed by atoms with van der Waals surface area (Å²) in [4.78, 5) is 16.7. The Morgan fingerprint density at radius 1 is 1.24 bits per heavy atom. The SMILES string of the molecule is CCCCCc1c2nc3ccccc3oc-2cc(=O)c1N. The van der Waals surface area contributed by atoms with E-state index in [1.807, 2.05) is 24.3 Å². The molecule has 0 saturated heterocycles. The minimum atomic E-state index is -0.185. The first-order valence-electron chi connectivity index (χ1n) is 7.31. The molecule has 0 unspecified atom stereocenters. The predicted molar refractivity (Wildman–Crippen MR) is 84.5 cm³/mol. The van der Waals surface area contributed by atoms with Gasteiger partial charge >= 0.3 is 0 Å². The average molecular weight is 282 g/mol. The van der Waals surface area contributed by atoms with Gasteiger partial charge in [-0.1, -0.05) is 31.9 Å². The Morgan fingerprint density at radius 3 is 2.86 bits per heavy atom. The van der Waals surface area contributed by atoms with Crippen molar-refractivity contribution in [3.8, 4) is 11.5 Å². The van der Waals surface area contributed by atoms with Crippen LogP contribution in [0.25, 0.3) is 22.6 Å². The third-order valence-corrected chi connectivity index (χ3v) is 3.72. The second-order valence-electron chi connectivity index (χ2n) is 5.25. The highest BCUT2D eigenvalue weighted by Gasteiger charge is 2.18. The molecule has 0 amide bonds. The molecule has 1 aliphatic heterocycles. The van der Waals surface area contributed by atoms with Crippen molar-refractivity contribution in [1.29, 1.82) is 0 Å². The molecular formula is C17H18N2O2. The highest BCUT2D eigenvalue weighted by Crippen LogP contribution is 2.30. The minimum absolute atomic E-state index is 0.185. The minimum Gasteiger partial charge on any atom is -0.453 e. The molecule has 108 valence electrons. The van der Waals surface area contributed by atoms with Crippen molar-refractivity contribution in [2.45, 2.75) is 32.6 Å². The van der Waals surface area contributed by atoms with E-state index in [9.17, 15) is 4.79 Å². The zero-order valence-corrected chi connectivity index (χ0v) is 12.1. The van der Waals surface area contributed by atoms with Gasteiger partial charge in [0.05, 0.1) is 5.69 Å². The third-order valence-electron chi connectivity index (χ3n) is 3.72. The summed E-state index contributed by atoms with van der Waals surface area (Å²) in [6.07, 6.45) is 3.98. The molecule has 4 heteroatoms. The highest BCUT2D eigenvalue weighted by molar-refractivity contribution is 5.79. The van der Waals surface area contributed by atoms with Crippen LogP contribution in [-0.4, -0.2) is 4.98 Å². The van der Waals surface area contributed by atoms with E-state index in [0.717, 1.165) is 36.8 Å². The van der Waals surface area contributed by atoms with Crippen molar-refractivity contribution >= 4 is 16.8 Å². The molecule has 0 bridgehead atoms. The number of hydrogen-bond donors (Lipinski definition) is 1. The molecule has 2 aliphatic rings. The van der Waals surface area contributed by atoms with Crippen LogP contribution in [-0.2, 0) is 6.42 Å². The van der Waals surface area contributed by atoms with Gasteiger partial charge in [0.2, 0.25) is 5.43 Å². The fourth-order valence-corrected chi connectivity index (χ4v) is 2.57. The first-order chi connectivity index (χ1) is 10.2. The largest absolute Gasteiger partial charge is 0.453 e. The maximum Gasteiger partial charge on any atom is 0.205 e. The highest BCUT2D eigenvalue weighted by atomic mass is 16.3. The molecule has 0 spiro atoms. The standard InChI is InChI=1S/C17H18N2O2/c1-2-3-4-7-11-16(18)13(20)10-15-17(11)19-12-8-5-6-9-14(12)21-15/h5-6,8-10H,2-4,7,18H2,1H3. The second kappa shape index (κ2) is 5.56. The van der Waals surface area contributed by atoms with Crippen LogP contribution in [0.1, 0.15) is 31.7 Å². The Labute approximate surface area is 122 Å². The Morgan fingerprint density at radius 2 is 2.05 bits per heavy atom. The first-order valence-corrected chi connectivity index (χ1v) is 7.31. The molecule has 4 nitrogen and oxygen atoms in total. The molecule has 0 radical (unpaired) electrons. The number of rotatable bonds is 4. The summed E-state index contributed by atoms with van der Waals surface area (Å²) in [7, 11) is 0. The monoisotopic (exact) mass is 282 g/mol. The number of nitrogens with two attached hydrogens (primary N) is 1. The molecule has 3 rings (SSSR count). The topological polar surface area (TPSA) is 69.1 Å². The number of nitrogens with zero attached hydrogens (tertiary/aromatic N) is 1. The normalized spacial score (nSPS) is 11.3. The van der Waals surface area contributed by atoms with Crippen LogP contribution in [0.4, 0.5) is 5.69 Å². The maximum absolute atomic E-state index is 12.0. The lowest BCUT2D eigenvalue weighted by atomic mass is 10.00. The van der Waals surface area contributed by atoms with Crippen LogP contribution in [0.5, 0.6) is 0 Å². The molecule has 0 aromatic heterocycles. The summed E-state index contributed by atoms with van der Waals surface area (Å²) in [5.74, 6) is 0.513. The molecule has 21 heavy (non-hydrogen) atoms. The number of anilines is 1. The molecule has 1 heterocycles. The summed E-state index contributed by atoms with van der Waals surface area (Å²) >= 11 is 0. The number of para-hydroxylation sites is 2. The van der Waals surface area contributed by atoms with Crippen molar-refractivity contribution in [3.05, 3.63) is 46.1 Å². The van der Waals surface area contributed by atoms with Gasteiger partial charge in [-0.2, -0.15) is 0 Å². The molecule has 1 aliphatic carbocycles. The van der Waals surface area contributed by atoms with E-state index < -0.39 is 0 Å². The number of nitrogen functional groups attached to an aromatic ring is 1. The van der Waals surface area contributed by atoms with Gasteiger partial charge in [-0.15, -0.1) is 0 Å². The van der Waals surface area contributed by atoms with Crippen LogP contribution in [0.15, 0.2) is 39.5 Å². The Bertz CT molecular complexity index is 808. The molecule has 0 atom stereocenters. The number of benzene rings is 2. The second-order valence-corrected chi connectivity index (χ2v) is 5.25. The molecular weight excluding hydrogens is 264 g/mol. The van der Waals surface area contributed by atoms with Crippen LogP contribution in [0, 0.1) is 0 Å². The van der Waals surface area contributed by atoms with Gasteiger partial charge in [0.1, 0.15) is 11.2 Å². The quantitative estimate of drug-likeness (QED) is 0.451. The smallest absolute Gasteiger partial charge is 0.205 e. The summed E-state index contributed by atoms with van der Waals surface area (Å²) in [6, 6.07) is 8.98. The van der Waals surface area contributed by atoms with Crippen LogP contribution in [0.3, 0.4) is 0 Å². The van der Waals surface area contributed by atoms with Gasteiger partial charge in [-0.05, 0) is 25.0 Å². The fourth-order valence-electron chi connectivity index (χ4n) is 2.57. The third kappa shape index (κ3) is 2.49. The zero-order valence-electron chi connectivity index (χ0n) is 12.1. The van der Waals surface area contributed by atoms with Gasteiger partial charge in [0.15, 0.2) is 11.3 Å². The molecule has 2 N–H and O–H groups in total. The summed E-state index contributed by atoms with van der Waals surface area (Å²) in [5.41, 5.74) is 9.08. The summed E-state index contributed by atoms with van der Waals surface area (Å²) in [5, 5.41) is 0. The maximum atomic E-state index is 12.0. The average Bonchev–Trinajstić information content (AvgIpc) is 2.49. The first kappa shape index (κ1) is 13.6. The van der Waals surface area contributed by atoms with Gasteiger partial charge in [-0.25, -0.2) is 4.98 Å². The van der Waals surface area contributed by atoms with E-state index in [4.69, 9.17) is 10.2 Å². The van der Waals surface area contributed by atoms with Crippen molar-refractivity contribution in [2.75, 3.05) is 5.73 Å². The van der Waals surface area contributed by atoms with Crippen molar-refractivity contribution in [1.82, 2.24) is 4.98 Å². The predicted octanol–water partition coefficient (Wildman–Crippen LogP) is 3.61. The van der Waals surface area contributed by atoms with E-state index in [2.05, 4.69) is 11.9 Å². The van der Waals surface area contributed by atoms with E-state index in [0.29, 0.717) is 22.7 Å².